The SMILES string of the molecule is C=C(c1csc(C)n1)N(Cc1ccccc1)Cc1ccccc1. The summed E-state index contributed by atoms with van der Waals surface area (Å²) in [4.78, 5) is 6.88. The molecule has 3 aromatic rings. The Morgan fingerprint density at radius 3 is 1.91 bits per heavy atom. The maximum atomic E-state index is 4.59. The molecule has 0 N–H and O–H groups in total. The molecule has 1 heterocycles. The molecule has 0 aliphatic rings. The number of nitrogens with zero attached hydrogens (tertiary/aromatic N) is 2. The maximum absolute atomic E-state index is 4.59. The number of aryl methyl sites for hydroxylation is 1. The molecule has 116 valence electrons. The van der Waals surface area contributed by atoms with Crippen molar-refractivity contribution in [1.29, 1.82) is 0 Å². The zero-order valence-electron chi connectivity index (χ0n) is 13.3. The number of thiazole rings is 1. The van der Waals surface area contributed by atoms with Gasteiger partial charge in [0.15, 0.2) is 0 Å². The fourth-order valence-electron chi connectivity index (χ4n) is 2.51. The number of rotatable bonds is 6. The number of aromatic nitrogens is 1. The molecule has 0 unspecified atom stereocenters. The van der Waals surface area contributed by atoms with Crippen LogP contribution in [-0.2, 0) is 13.1 Å². The smallest absolute Gasteiger partial charge is 0.0969 e. The molecule has 3 heteroatoms. The van der Waals surface area contributed by atoms with Crippen molar-refractivity contribution in [2.45, 2.75) is 20.0 Å². The predicted molar refractivity (Wildman–Crippen MR) is 98.0 cm³/mol. The van der Waals surface area contributed by atoms with Crippen LogP contribution in [0.25, 0.3) is 5.70 Å². The molecular formula is C20H20N2S. The van der Waals surface area contributed by atoms with Gasteiger partial charge in [-0.25, -0.2) is 4.98 Å². The summed E-state index contributed by atoms with van der Waals surface area (Å²) in [7, 11) is 0. The fourth-order valence-corrected chi connectivity index (χ4v) is 3.13. The summed E-state index contributed by atoms with van der Waals surface area (Å²) in [5, 5.41) is 3.15. The minimum Gasteiger partial charge on any atom is -0.362 e. The summed E-state index contributed by atoms with van der Waals surface area (Å²) >= 11 is 1.66. The molecule has 0 aliphatic heterocycles. The molecule has 0 fully saturated rings. The average molecular weight is 320 g/mol. The standard InChI is InChI=1S/C20H20N2S/c1-16(20-15-23-17(2)21-20)22(13-18-9-5-3-6-10-18)14-19-11-7-4-8-12-19/h3-12,15H,1,13-14H2,2H3. The normalized spacial score (nSPS) is 10.5. The van der Waals surface area contributed by atoms with Crippen molar-refractivity contribution in [2.75, 3.05) is 0 Å². The maximum Gasteiger partial charge on any atom is 0.0969 e. The van der Waals surface area contributed by atoms with Gasteiger partial charge in [0.05, 0.1) is 16.4 Å². The molecule has 0 spiro atoms. The summed E-state index contributed by atoms with van der Waals surface area (Å²) in [6.07, 6.45) is 0. The van der Waals surface area contributed by atoms with Gasteiger partial charge in [0.2, 0.25) is 0 Å². The van der Waals surface area contributed by atoms with Crippen molar-refractivity contribution in [2.24, 2.45) is 0 Å². The molecule has 0 radical (unpaired) electrons. The van der Waals surface area contributed by atoms with E-state index >= 15 is 0 Å². The van der Waals surface area contributed by atoms with E-state index in [0.29, 0.717) is 0 Å². The molecule has 23 heavy (non-hydrogen) atoms. The molecule has 0 saturated carbocycles. The number of hydrogen-bond donors (Lipinski definition) is 0. The van der Waals surface area contributed by atoms with Crippen LogP contribution in [0, 0.1) is 6.92 Å². The lowest BCUT2D eigenvalue weighted by Gasteiger charge is -2.26. The third-order valence-corrected chi connectivity index (χ3v) is 4.50. The zero-order chi connectivity index (χ0) is 16.1. The van der Waals surface area contributed by atoms with Crippen molar-refractivity contribution in [3.05, 3.63) is 94.5 Å². The molecule has 2 nitrogen and oxygen atoms in total. The number of hydrogen-bond acceptors (Lipinski definition) is 3. The van der Waals surface area contributed by atoms with E-state index in [1.165, 1.54) is 11.1 Å². The van der Waals surface area contributed by atoms with Crippen LogP contribution >= 0.6 is 11.3 Å². The third kappa shape index (κ3) is 4.08. The van der Waals surface area contributed by atoms with Gasteiger partial charge in [0.25, 0.3) is 0 Å². The van der Waals surface area contributed by atoms with Gasteiger partial charge in [-0.3, -0.25) is 0 Å². The lowest BCUT2D eigenvalue weighted by molar-refractivity contribution is 0.383. The van der Waals surface area contributed by atoms with E-state index in [0.717, 1.165) is 29.5 Å². The minimum absolute atomic E-state index is 0.825. The second-order valence-electron chi connectivity index (χ2n) is 5.53. The van der Waals surface area contributed by atoms with E-state index in [2.05, 4.69) is 70.4 Å². The second-order valence-corrected chi connectivity index (χ2v) is 6.59. The average Bonchev–Trinajstić information content (AvgIpc) is 3.02. The van der Waals surface area contributed by atoms with Gasteiger partial charge in [-0.1, -0.05) is 67.2 Å². The quantitative estimate of drug-likeness (QED) is 0.626. The molecule has 0 amide bonds. The lowest BCUT2D eigenvalue weighted by atomic mass is 10.1. The van der Waals surface area contributed by atoms with Crippen LogP contribution in [0.5, 0.6) is 0 Å². The van der Waals surface area contributed by atoms with Crippen molar-refractivity contribution < 1.29 is 0 Å². The van der Waals surface area contributed by atoms with Gasteiger partial charge in [0, 0.05) is 18.5 Å². The highest BCUT2D eigenvalue weighted by Crippen LogP contribution is 2.23. The Morgan fingerprint density at radius 1 is 0.957 bits per heavy atom. The summed E-state index contributed by atoms with van der Waals surface area (Å²) in [6.45, 7) is 7.98. The van der Waals surface area contributed by atoms with Gasteiger partial charge >= 0.3 is 0 Å². The predicted octanol–water partition coefficient (Wildman–Crippen LogP) is 5.12. The first kappa shape index (κ1) is 15.5. The van der Waals surface area contributed by atoms with E-state index in [1.54, 1.807) is 11.3 Å². The van der Waals surface area contributed by atoms with Gasteiger partial charge in [0.1, 0.15) is 0 Å². The van der Waals surface area contributed by atoms with E-state index in [9.17, 15) is 0 Å². The second kappa shape index (κ2) is 7.25. The van der Waals surface area contributed by atoms with Crippen molar-refractivity contribution in [3.63, 3.8) is 0 Å². The van der Waals surface area contributed by atoms with Crippen LogP contribution in [0.2, 0.25) is 0 Å². The Morgan fingerprint density at radius 2 is 1.48 bits per heavy atom. The van der Waals surface area contributed by atoms with Gasteiger partial charge in [-0.15, -0.1) is 11.3 Å². The van der Waals surface area contributed by atoms with Crippen LogP contribution < -0.4 is 0 Å². The molecule has 0 saturated heterocycles. The van der Waals surface area contributed by atoms with Crippen LogP contribution in [0.3, 0.4) is 0 Å². The molecule has 0 bridgehead atoms. The van der Waals surface area contributed by atoms with Crippen LogP contribution in [0.4, 0.5) is 0 Å². The van der Waals surface area contributed by atoms with E-state index in [-0.39, 0.29) is 0 Å². The molecule has 2 aromatic carbocycles. The molecular weight excluding hydrogens is 300 g/mol. The van der Waals surface area contributed by atoms with Crippen LogP contribution in [-0.4, -0.2) is 9.88 Å². The Bertz CT molecular complexity index is 721. The first-order valence-electron chi connectivity index (χ1n) is 7.66. The first-order valence-corrected chi connectivity index (χ1v) is 8.54. The topological polar surface area (TPSA) is 16.1 Å². The molecule has 0 atom stereocenters. The van der Waals surface area contributed by atoms with E-state index in [4.69, 9.17) is 0 Å². The third-order valence-electron chi connectivity index (χ3n) is 3.73. The Hall–Kier alpha value is -2.39. The monoisotopic (exact) mass is 320 g/mol. The summed E-state index contributed by atoms with van der Waals surface area (Å²) in [6, 6.07) is 21.0. The lowest BCUT2D eigenvalue weighted by Crippen LogP contribution is -2.21. The fraction of sp³-hybridized carbons (Fsp3) is 0.150. The Kier molecular flexibility index (Phi) is 4.89. The van der Waals surface area contributed by atoms with Crippen LogP contribution in [0.1, 0.15) is 21.8 Å². The highest BCUT2D eigenvalue weighted by Gasteiger charge is 2.13. The summed E-state index contributed by atoms with van der Waals surface area (Å²) in [5.74, 6) is 0. The number of benzene rings is 2. The van der Waals surface area contributed by atoms with Gasteiger partial charge < -0.3 is 4.90 Å². The van der Waals surface area contributed by atoms with E-state index < -0.39 is 0 Å². The Balaban J connectivity index is 1.84. The van der Waals surface area contributed by atoms with Gasteiger partial charge in [-0.05, 0) is 18.1 Å². The summed E-state index contributed by atoms with van der Waals surface area (Å²) in [5.41, 5.74) is 4.49. The molecule has 3 rings (SSSR count). The zero-order valence-corrected chi connectivity index (χ0v) is 14.1. The largest absolute Gasteiger partial charge is 0.362 e. The van der Waals surface area contributed by atoms with Crippen molar-refractivity contribution in [1.82, 2.24) is 9.88 Å². The highest BCUT2D eigenvalue weighted by atomic mass is 32.1. The van der Waals surface area contributed by atoms with Crippen molar-refractivity contribution in [3.8, 4) is 0 Å². The van der Waals surface area contributed by atoms with E-state index in [1.807, 2.05) is 19.1 Å². The van der Waals surface area contributed by atoms with Crippen LogP contribution in [0.15, 0.2) is 72.6 Å². The molecule has 1 aromatic heterocycles. The van der Waals surface area contributed by atoms with Crippen molar-refractivity contribution >= 4 is 17.0 Å². The van der Waals surface area contributed by atoms with Gasteiger partial charge in [-0.2, -0.15) is 0 Å². The molecule has 0 aliphatic carbocycles. The highest BCUT2D eigenvalue weighted by molar-refractivity contribution is 7.09. The first-order chi connectivity index (χ1) is 11.2. The minimum atomic E-state index is 0.825. The summed E-state index contributed by atoms with van der Waals surface area (Å²) < 4.78 is 0. The Labute approximate surface area is 141 Å².